The Labute approximate surface area is 79.1 Å². The van der Waals surface area contributed by atoms with E-state index in [1.165, 1.54) is 10.9 Å². The summed E-state index contributed by atoms with van der Waals surface area (Å²) in [6.07, 6.45) is 1.28. The van der Waals surface area contributed by atoms with Gasteiger partial charge in [0, 0.05) is 13.5 Å². The van der Waals surface area contributed by atoms with E-state index >= 15 is 0 Å². The summed E-state index contributed by atoms with van der Waals surface area (Å²) >= 11 is 0. The second-order valence-electron chi connectivity index (χ2n) is 2.78. The maximum atomic E-state index is 10.5. The second kappa shape index (κ2) is 3.86. The Hall–Kier alpha value is -1.92. The van der Waals surface area contributed by atoms with Gasteiger partial charge in [-0.2, -0.15) is 0 Å². The summed E-state index contributed by atoms with van der Waals surface area (Å²) in [5.41, 5.74) is 0.331. The van der Waals surface area contributed by atoms with Gasteiger partial charge in [-0.05, 0) is 9.91 Å². The molecule has 0 saturated heterocycles. The lowest BCUT2D eigenvalue weighted by atomic mass is 10.2. The van der Waals surface area contributed by atoms with Crippen LogP contribution in [0.3, 0.4) is 0 Å². The molecule has 0 saturated carbocycles. The molecule has 14 heavy (non-hydrogen) atoms. The SMILES string of the molecule is Cn1cnc([N+](=O)[O-])c1CCC(=O)O. The summed E-state index contributed by atoms with van der Waals surface area (Å²) in [6.45, 7) is 0. The fraction of sp³-hybridized carbons (Fsp3) is 0.429. The molecule has 1 heterocycles. The molecule has 0 atom stereocenters. The van der Waals surface area contributed by atoms with Crippen LogP contribution in [0.15, 0.2) is 6.33 Å². The summed E-state index contributed by atoms with van der Waals surface area (Å²) in [7, 11) is 1.59. The molecule has 1 aromatic heterocycles. The molecular formula is C7H9N3O4. The summed E-state index contributed by atoms with van der Waals surface area (Å²) < 4.78 is 1.46. The van der Waals surface area contributed by atoms with Gasteiger partial charge in [0.05, 0.1) is 6.42 Å². The van der Waals surface area contributed by atoms with E-state index in [4.69, 9.17) is 5.11 Å². The normalized spacial score (nSPS) is 10.1. The van der Waals surface area contributed by atoms with Crippen LogP contribution in [-0.2, 0) is 18.3 Å². The number of aromatic nitrogens is 2. The number of nitrogens with zero attached hydrogens (tertiary/aromatic N) is 3. The number of carbonyl (C=O) groups is 1. The van der Waals surface area contributed by atoms with Gasteiger partial charge in [0.15, 0.2) is 0 Å². The molecule has 7 heteroatoms. The van der Waals surface area contributed by atoms with Crippen LogP contribution >= 0.6 is 0 Å². The van der Waals surface area contributed by atoms with Gasteiger partial charge in [-0.25, -0.2) is 0 Å². The predicted octanol–water partition coefficient (Wildman–Crippen LogP) is 0.345. The molecule has 0 fully saturated rings. The zero-order chi connectivity index (χ0) is 10.7. The molecule has 7 nitrogen and oxygen atoms in total. The van der Waals surface area contributed by atoms with E-state index in [-0.39, 0.29) is 18.7 Å². The molecule has 0 radical (unpaired) electrons. The molecular weight excluding hydrogens is 190 g/mol. The number of aryl methyl sites for hydroxylation is 1. The van der Waals surface area contributed by atoms with Gasteiger partial charge in [0.2, 0.25) is 6.33 Å². The fourth-order valence-electron chi connectivity index (χ4n) is 1.11. The fourth-order valence-corrected chi connectivity index (χ4v) is 1.11. The van der Waals surface area contributed by atoms with Crippen LogP contribution in [0.25, 0.3) is 0 Å². The minimum atomic E-state index is -0.986. The number of hydrogen-bond donors (Lipinski definition) is 1. The summed E-state index contributed by atoms with van der Waals surface area (Å²) in [6, 6.07) is 0. The van der Waals surface area contributed by atoms with E-state index in [2.05, 4.69) is 4.98 Å². The number of carboxylic acids is 1. The summed E-state index contributed by atoms with van der Waals surface area (Å²) in [5, 5.41) is 18.9. The number of rotatable bonds is 4. The first-order chi connectivity index (χ1) is 6.52. The third kappa shape index (κ3) is 2.06. The van der Waals surface area contributed by atoms with E-state index < -0.39 is 10.9 Å². The minimum absolute atomic E-state index is 0.113. The molecule has 0 bridgehead atoms. The van der Waals surface area contributed by atoms with Crippen LogP contribution in [0, 0.1) is 10.1 Å². The van der Waals surface area contributed by atoms with Crippen molar-refractivity contribution < 1.29 is 14.8 Å². The topological polar surface area (TPSA) is 98.3 Å². The molecule has 0 spiro atoms. The molecule has 0 aliphatic rings. The van der Waals surface area contributed by atoms with Gasteiger partial charge < -0.3 is 19.8 Å². The van der Waals surface area contributed by atoms with E-state index in [1.54, 1.807) is 7.05 Å². The molecule has 1 N–H and O–H groups in total. The molecule has 0 aliphatic carbocycles. The monoisotopic (exact) mass is 199 g/mol. The highest BCUT2D eigenvalue weighted by molar-refractivity contribution is 5.67. The summed E-state index contributed by atoms with van der Waals surface area (Å²) in [5.74, 6) is -1.26. The molecule has 0 aromatic carbocycles. The highest BCUT2D eigenvalue weighted by atomic mass is 16.6. The van der Waals surface area contributed by atoms with Crippen LogP contribution in [0.4, 0.5) is 5.82 Å². The van der Waals surface area contributed by atoms with Crippen molar-refractivity contribution in [2.24, 2.45) is 7.05 Å². The van der Waals surface area contributed by atoms with Crippen LogP contribution in [0.2, 0.25) is 0 Å². The first-order valence-corrected chi connectivity index (χ1v) is 3.88. The maximum Gasteiger partial charge on any atom is 0.384 e. The van der Waals surface area contributed by atoms with Gasteiger partial charge in [-0.15, -0.1) is 0 Å². The Balaban J connectivity index is 2.88. The van der Waals surface area contributed by atoms with Gasteiger partial charge in [-0.3, -0.25) is 4.79 Å². The standard InChI is InChI=1S/C7H9N3O4/c1-9-4-8-7(10(13)14)5(9)2-3-6(11)12/h4H,2-3H2,1H3,(H,11,12). The Kier molecular flexibility index (Phi) is 2.80. The highest BCUT2D eigenvalue weighted by Gasteiger charge is 2.19. The number of carboxylic acid groups (broad SMARTS) is 1. The average Bonchev–Trinajstić information content (AvgIpc) is 2.43. The molecule has 0 aliphatic heterocycles. The van der Waals surface area contributed by atoms with Crippen molar-refractivity contribution in [1.82, 2.24) is 9.55 Å². The largest absolute Gasteiger partial charge is 0.481 e. The van der Waals surface area contributed by atoms with Gasteiger partial charge in [0.25, 0.3) is 0 Å². The first kappa shape index (κ1) is 10.2. The van der Waals surface area contributed by atoms with E-state index in [9.17, 15) is 14.9 Å². The lowest BCUT2D eigenvalue weighted by Gasteiger charge is -1.98. The molecule has 0 unspecified atom stereocenters. The van der Waals surface area contributed by atoms with Crippen LogP contribution in [0.1, 0.15) is 12.1 Å². The van der Waals surface area contributed by atoms with Crippen molar-refractivity contribution in [3.05, 3.63) is 22.1 Å². The predicted molar refractivity (Wildman–Crippen MR) is 45.8 cm³/mol. The van der Waals surface area contributed by atoms with E-state index in [0.29, 0.717) is 5.69 Å². The summed E-state index contributed by atoms with van der Waals surface area (Å²) in [4.78, 5) is 23.7. The molecule has 1 aromatic rings. The Bertz CT molecular complexity index is 371. The van der Waals surface area contributed by atoms with Crippen LogP contribution in [0.5, 0.6) is 0 Å². The van der Waals surface area contributed by atoms with Crippen molar-refractivity contribution >= 4 is 11.8 Å². The number of nitro groups is 1. The maximum absolute atomic E-state index is 10.5. The first-order valence-electron chi connectivity index (χ1n) is 3.88. The van der Waals surface area contributed by atoms with Crippen molar-refractivity contribution in [2.75, 3.05) is 0 Å². The lowest BCUT2D eigenvalue weighted by Crippen LogP contribution is -2.04. The van der Waals surface area contributed by atoms with Gasteiger partial charge in [0.1, 0.15) is 5.69 Å². The van der Waals surface area contributed by atoms with E-state index in [0.717, 1.165) is 0 Å². The number of aliphatic carboxylic acids is 1. The van der Waals surface area contributed by atoms with Crippen molar-refractivity contribution in [3.8, 4) is 0 Å². The van der Waals surface area contributed by atoms with Gasteiger partial charge in [-0.1, -0.05) is 0 Å². The molecule has 0 amide bonds. The van der Waals surface area contributed by atoms with Gasteiger partial charge >= 0.3 is 11.8 Å². The smallest absolute Gasteiger partial charge is 0.384 e. The highest BCUT2D eigenvalue weighted by Crippen LogP contribution is 2.16. The molecule has 76 valence electrons. The number of hydrogen-bond acceptors (Lipinski definition) is 4. The molecule has 1 rings (SSSR count). The average molecular weight is 199 g/mol. The quantitative estimate of drug-likeness (QED) is 0.557. The number of imidazole rings is 1. The third-order valence-corrected chi connectivity index (χ3v) is 1.79. The second-order valence-corrected chi connectivity index (χ2v) is 2.78. The van der Waals surface area contributed by atoms with Crippen LogP contribution < -0.4 is 0 Å². The Morgan fingerprint density at radius 2 is 2.43 bits per heavy atom. The van der Waals surface area contributed by atoms with Crippen LogP contribution in [-0.4, -0.2) is 25.6 Å². The van der Waals surface area contributed by atoms with Crippen molar-refractivity contribution in [3.63, 3.8) is 0 Å². The Morgan fingerprint density at radius 1 is 1.79 bits per heavy atom. The zero-order valence-corrected chi connectivity index (χ0v) is 7.51. The lowest BCUT2D eigenvalue weighted by molar-refractivity contribution is -0.390. The minimum Gasteiger partial charge on any atom is -0.481 e. The van der Waals surface area contributed by atoms with Crippen molar-refractivity contribution in [1.29, 1.82) is 0 Å². The zero-order valence-electron chi connectivity index (χ0n) is 7.51. The van der Waals surface area contributed by atoms with Crippen molar-refractivity contribution in [2.45, 2.75) is 12.8 Å². The van der Waals surface area contributed by atoms with E-state index in [1.807, 2.05) is 0 Å². The Morgan fingerprint density at radius 3 is 2.93 bits per heavy atom. The third-order valence-electron chi connectivity index (χ3n) is 1.79.